The first-order valence-corrected chi connectivity index (χ1v) is 8.50. The third-order valence-electron chi connectivity index (χ3n) is 3.91. The number of ether oxygens (including phenoxy) is 1. The van der Waals surface area contributed by atoms with Gasteiger partial charge in [0.1, 0.15) is 12.2 Å². The Kier molecular flexibility index (Phi) is 4.89. The van der Waals surface area contributed by atoms with E-state index in [0.717, 1.165) is 30.6 Å². The molecule has 2 aromatic rings. The Hall–Kier alpha value is -2.39. The number of carbonyl (C=O) groups excluding carboxylic acids is 1. The van der Waals surface area contributed by atoms with Gasteiger partial charge in [0.25, 0.3) is 5.91 Å². The summed E-state index contributed by atoms with van der Waals surface area (Å²) in [6.07, 6.45) is 5.21. The fourth-order valence-electron chi connectivity index (χ4n) is 2.68. The number of hydrogen-bond acceptors (Lipinski definition) is 5. The molecule has 0 spiro atoms. The van der Waals surface area contributed by atoms with Gasteiger partial charge in [-0.05, 0) is 43.2 Å². The zero-order chi connectivity index (χ0) is 16.1. The van der Waals surface area contributed by atoms with Crippen LogP contribution in [0.3, 0.4) is 0 Å². The van der Waals surface area contributed by atoms with E-state index in [-0.39, 0.29) is 18.1 Å². The molecule has 1 aliphatic carbocycles. The normalized spacial score (nSPS) is 20.5. The minimum Gasteiger partial charge on any atom is -0.474 e. The molecule has 1 amide bonds. The van der Waals surface area contributed by atoms with E-state index in [9.17, 15) is 4.79 Å². The number of carbonyl (C=O) groups is 1. The summed E-state index contributed by atoms with van der Waals surface area (Å²) in [5, 5.41) is 13.7. The Balaban J connectivity index is 1.46. The number of amides is 1. The number of thiophene rings is 1. The predicted octanol–water partition coefficient (Wildman–Crippen LogP) is 3.13. The van der Waals surface area contributed by atoms with Gasteiger partial charge in [-0.15, -0.1) is 11.3 Å². The van der Waals surface area contributed by atoms with E-state index in [1.807, 2.05) is 23.6 Å². The number of nitriles is 1. The van der Waals surface area contributed by atoms with Gasteiger partial charge >= 0.3 is 0 Å². The Morgan fingerprint density at radius 3 is 2.74 bits per heavy atom. The fourth-order valence-corrected chi connectivity index (χ4v) is 3.30. The zero-order valence-corrected chi connectivity index (χ0v) is 13.4. The van der Waals surface area contributed by atoms with Crippen LogP contribution in [0.25, 0.3) is 0 Å². The Morgan fingerprint density at radius 1 is 1.30 bits per heavy atom. The van der Waals surface area contributed by atoms with Crippen molar-refractivity contribution in [2.75, 3.05) is 0 Å². The molecule has 2 aromatic heterocycles. The first kappa shape index (κ1) is 15.5. The summed E-state index contributed by atoms with van der Waals surface area (Å²) in [5.74, 6) is 0.563. The molecular weight excluding hydrogens is 310 g/mol. The van der Waals surface area contributed by atoms with Crippen molar-refractivity contribution in [2.45, 2.75) is 37.8 Å². The molecule has 2 heterocycles. The standard InChI is InChI=1S/C17H17N3O2S/c18-10-12-3-8-16(19-11-12)22-14-6-4-13(5-7-14)20-17(21)15-2-1-9-23-15/h1-3,8-9,11,13-14H,4-7H2,(H,20,21). The van der Waals surface area contributed by atoms with Gasteiger partial charge in [0, 0.05) is 18.3 Å². The van der Waals surface area contributed by atoms with Gasteiger partial charge in [0.15, 0.2) is 0 Å². The summed E-state index contributed by atoms with van der Waals surface area (Å²) < 4.78 is 5.85. The molecule has 1 aliphatic rings. The van der Waals surface area contributed by atoms with Crippen molar-refractivity contribution in [3.8, 4) is 11.9 Å². The molecule has 3 rings (SSSR count). The topological polar surface area (TPSA) is 75.0 Å². The lowest BCUT2D eigenvalue weighted by atomic mass is 9.93. The highest BCUT2D eigenvalue weighted by Gasteiger charge is 2.24. The number of nitrogens with one attached hydrogen (secondary N) is 1. The Labute approximate surface area is 138 Å². The van der Waals surface area contributed by atoms with Crippen LogP contribution >= 0.6 is 11.3 Å². The molecule has 6 heteroatoms. The second-order valence-electron chi connectivity index (χ2n) is 5.54. The van der Waals surface area contributed by atoms with Gasteiger partial charge in [0.05, 0.1) is 10.4 Å². The van der Waals surface area contributed by atoms with Crippen LogP contribution < -0.4 is 10.1 Å². The van der Waals surface area contributed by atoms with Gasteiger partial charge in [-0.2, -0.15) is 5.26 Å². The Morgan fingerprint density at radius 2 is 2.13 bits per heavy atom. The lowest BCUT2D eigenvalue weighted by Gasteiger charge is -2.29. The van der Waals surface area contributed by atoms with Crippen LogP contribution in [-0.4, -0.2) is 23.0 Å². The second-order valence-corrected chi connectivity index (χ2v) is 6.49. The zero-order valence-electron chi connectivity index (χ0n) is 12.6. The van der Waals surface area contributed by atoms with E-state index in [4.69, 9.17) is 10.00 Å². The van der Waals surface area contributed by atoms with Crippen LogP contribution in [0, 0.1) is 11.3 Å². The monoisotopic (exact) mass is 327 g/mol. The fraction of sp³-hybridized carbons (Fsp3) is 0.353. The average molecular weight is 327 g/mol. The molecule has 0 atom stereocenters. The third kappa shape index (κ3) is 4.08. The van der Waals surface area contributed by atoms with Crippen molar-refractivity contribution in [1.82, 2.24) is 10.3 Å². The van der Waals surface area contributed by atoms with Crippen molar-refractivity contribution in [3.63, 3.8) is 0 Å². The second kappa shape index (κ2) is 7.25. The maximum atomic E-state index is 12.0. The average Bonchev–Trinajstić information content (AvgIpc) is 3.12. The first-order valence-electron chi connectivity index (χ1n) is 7.62. The molecule has 23 heavy (non-hydrogen) atoms. The van der Waals surface area contributed by atoms with Crippen LogP contribution in [0.1, 0.15) is 40.9 Å². The number of rotatable bonds is 4. The SMILES string of the molecule is N#Cc1ccc(OC2CCC(NC(=O)c3cccs3)CC2)nc1. The maximum absolute atomic E-state index is 12.0. The van der Waals surface area contributed by atoms with Gasteiger partial charge in [-0.25, -0.2) is 4.98 Å². The molecule has 0 bridgehead atoms. The summed E-state index contributed by atoms with van der Waals surface area (Å²) in [7, 11) is 0. The van der Waals surface area contributed by atoms with Crippen molar-refractivity contribution in [1.29, 1.82) is 5.26 Å². The van der Waals surface area contributed by atoms with Crippen LogP contribution in [0.15, 0.2) is 35.8 Å². The first-order chi connectivity index (χ1) is 11.2. The highest BCUT2D eigenvalue weighted by Crippen LogP contribution is 2.23. The molecule has 0 saturated heterocycles. The molecule has 0 aromatic carbocycles. The van der Waals surface area contributed by atoms with E-state index in [2.05, 4.69) is 10.3 Å². The van der Waals surface area contributed by atoms with E-state index in [1.54, 1.807) is 12.1 Å². The van der Waals surface area contributed by atoms with Crippen LogP contribution in [0.5, 0.6) is 5.88 Å². The summed E-state index contributed by atoms with van der Waals surface area (Å²) in [6.45, 7) is 0. The molecule has 5 nitrogen and oxygen atoms in total. The van der Waals surface area contributed by atoms with Gasteiger partial charge in [-0.3, -0.25) is 4.79 Å². The molecule has 1 fully saturated rings. The van der Waals surface area contributed by atoms with Crippen molar-refractivity contribution >= 4 is 17.2 Å². The predicted molar refractivity (Wildman–Crippen MR) is 87.4 cm³/mol. The number of aromatic nitrogens is 1. The molecule has 1 N–H and O–H groups in total. The maximum Gasteiger partial charge on any atom is 0.261 e. The minimum atomic E-state index is 0.0122. The highest BCUT2D eigenvalue weighted by atomic mass is 32.1. The van der Waals surface area contributed by atoms with Gasteiger partial charge in [0.2, 0.25) is 5.88 Å². The van der Waals surface area contributed by atoms with Crippen molar-refractivity contribution in [2.24, 2.45) is 0 Å². The summed E-state index contributed by atoms with van der Waals surface area (Å²) in [6, 6.07) is 9.39. The highest BCUT2D eigenvalue weighted by molar-refractivity contribution is 7.12. The molecule has 118 valence electrons. The van der Waals surface area contributed by atoms with E-state index in [1.165, 1.54) is 17.5 Å². The number of nitrogens with zero attached hydrogens (tertiary/aromatic N) is 2. The quantitative estimate of drug-likeness (QED) is 0.936. The van der Waals surface area contributed by atoms with E-state index in [0.29, 0.717) is 11.4 Å². The molecular formula is C17H17N3O2S. The smallest absolute Gasteiger partial charge is 0.261 e. The van der Waals surface area contributed by atoms with Crippen molar-refractivity contribution in [3.05, 3.63) is 46.3 Å². The Bertz CT molecular complexity index is 684. The van der Waals surface area contributed by atoms with Crippen LogP contribution in [0.2, 0.25) is 0 Å². The minimum absolute atomic E-state index is 0.0122. The van der Waals surface area contributed by atoms with Gasteiger partial charge in [-0.1, -0.05) is 6.07 Å². The molecule has 0 unspecified atom stereocenters. The number of hydrogen-bond donors (Lipinski definition) is 1. The van der Waals surface area contributed by atoms with Crippen LogP contribution in [0.4, 0.5) is 0 Å². The molecule has 0 aliphatic heterocycles. The van der Waals surface area contributed by atoms with Crippen LogP contribution in [-0.2, 0) is 0 Å². The van der Waals surface area contributed by atoms with Gasteiger partial charge < -0.3 is 10.1 Å². The summed E-state index contributed by atoms with van der Waals surface area (Å²) in [4.78, 5) is 16.9. The van der Waals surface area contributed by atoms with E-state index < -0.39 is 0 Å². The lowest BCUT2D eigenvalue weighted by molar-refractivity contribution is 0.0894. The lowest BCUT2D eigenvalue weighted by Crippen LogP contribution is -2.39. The third-order valence-corrected chi connectivity index (χ3v) is 4.78. The summed E-state index contributed by atoms with van der Waals surface area (Å²) >= 11 is 1.46. The largest absolute Gasteiger partial charge is 0.474 e. The molecule has 1 saturated carbocycles. The number of pyridine rings is 1. The summed E-state index contributed by atoms with van der Waals surface area (Å²) in [5.41, 5.74) is 0.525. The van der Waals surface area contributed by atoms with E-state index >= 15 is 0 Å². The molecule has 0 radical (unpaired) electrons. The van der Waals surface area contributed by atoms with Crippen molar-refractivity contribution < 1.29 is 9.53 Å².